The number of aryl methyl sites for hydroxylation is 1. The Balaban J connectivity index is 2.48. The Labute approximate surface area is 107 Å². The quantitative estimate of drug-likeness (QED) is 0.764. The maximum Gasteiger partial charge on any atom is 0.0294 e. The highest BCUT2D eigenvalue weighted by Crippen LogP contribution is 2.16. The van der Waals surface area contributed by atoms with Crippen molar-refractivity contribution in [2.75, 3.05) is 0 Å². The lowest BCUT2D eigenvalue weighted by Crippen LogP contribution is -2.30. The van der Waals surface area contributed by atoms with Gasteiger partial charge in [0.25, 0.3) is 0 Å². The predicted octanol–water partition coefficient (Wildman–Crippen LogP) is 4.47. The van der Waals surface area contributed by atoms with E-state index >= 15 is 0 Å². The Morgan fingerprint density at radius 2 is 1.65 bits per heavy atom. The molecule has 1 aromatic rings. The fourth-order valence-corrected chi connectivity index (χ4v) is 2.22. The third kappa shape index (κ3) is 4.91. The van der Waals surface area contributed by atoms with Crippen LogP contribution in [0.3, 0.4) is 0 Å². The smallest absolute Gasteiger partial charge is 0.0294 e. The molecule has 0 spiro atoms. The van der Waals surface area contributed by atoms with Crippen molar-refractivity contribution in [3.05, 3.63) is 35.4 Å². The van der Waals surface area contributed by atoms with Gasteiger partial charge in [0, 0.05) is 12.1 Å². The molecule has 96 valence electrons. The van der Waals surface area contributed by atoms with Crippen LogP contribution < -0.4 is 5.32 Å². The van der Waals surface area contributed by atoms with Gasteiger partial charge in [0.1, 0.15) is 0 Å². The predicted molar refractivity (Wildman–Crippen MR) is 76.3 cm³/mol. The average molecular weight is 233 g/mol. The van der Waals surface area contributed by atoms with Crippen LogP contribution in [0.15, 0.2) is 24.3 Å². The molecule has 0 aromatic heterocycles. The largest absolute Gasteiger partial charge is 0.308 e. The highest BCUT2D eigenvalue weighted by Gasteiger charge is 2.11. The summed E-state index contributed by atoms with van der Waals surface area (Å²) >= 11 is 0. The van der Waals surface area contributed by atoms with Crippen molar-refractivity contribution in [2.24, 2.45) is 5.92 Å². The van der Waals surface area contributed by atoms with E-state index in [0.717, 1.165) is 5.92 Å². The number of hydrogen-bond acceptors (Lipinski definition) is 1. The molecule has 3 unspecified atom stereocenters. The zero-order valence-corrected chi connectivity index (χ0v) is 12.0. The van der Waals surface area contributed by atoms with Crippen LogP contribution in [0.4, 0.5) is 0 Å². The second kappa shape index (κ2) is 6.80. The van der Waals surface area contributed by atoms with Gasteiger partial charge in [-0.3, -0.25) is 0 Å². The summed E-state index contributed by atoms with van der Waals surface area (Å²) in [6.07, 6.45) is 2.53. The lowest BCUT2D eigenvalue weighted by atomic mass is 9.99. The van der Waals surface area contributed by atoms with Gasteiger partial charge in [0.2, 0.25) is 0 Å². The molecule has 17 heavy (non-hydrogen) atoms. The van der Waals surface area contributed by atoms with E-state index in [1.807, 2.05) is 0 Å². The molecule has 1 rings (SSSR count). The first-order valence-electron chi connectivity index (χ1n) is 6.85. The van der Waals surface area contributed by atoms with Crippen molar-refractivity contribution in [3.63, 3.8) is 0 Å². The summed E-state index contributed by atoms with van der Waals surface area (Å²) in [6, 6.07) is 9.85. The number of rotatable bonds is 6. The van der Waals surface area contributed by atoms with Gasteiger partial charge in [-0.25, -0.2) is 0 Å². The van der Waals surface area contributed by atoms with E-state index in [0.29, 0.717) is 12.1 Å². The highest BCUT2D eigenvalue weighted by molar-refractivity contribution is 5.23. The second-order valence-corrected chi connectivity index (χ2v) is 5.45. The van der Waals surface area contributed by atoms with Gasteiger partial charge in [-0.05, 0) is 38.7 Å². The van der Waals surface area contributed by atoms with Crippen LogP contribution in [0.1, 0.15) is 57.7 Å². The van der Waals surface area contributed by atoms with Crippen LogP contribution in [-0.2, 0) is 0 Å². The van der Waals surface area contributed by atoms with Crippen molar-refractivity contribution >= 4 is 0 Å². The molecule has 0 bridgehead atoms. The fourth-order valence-electron chi connectivity index (χ4n) is 2.22. The summed E-state index contributed by atoms with van der Waals surface area (Å²) < 4.78 is 0. The Kier molecular flexibility index (Phi) is 5.70. The molecule has 0 amide bonds. The lowest BCUT2D eigenvalue weighted by molar-refractivity contribution is 0.385. The minimum Gasteiger partial charge on any atom is -0.308 e. The number of nitrogens with one attached hydrogen (secondary N) is 1. The molecule has 0 aliphatic carbocycles. The molecule has 1 nitrogen and oxygen atoms in total. The van der Waals surface area contributed by atoms with Gasteiger partial charge in [-0.2, -0.15) is 0 Å². The van der Waals surface area contributed by atoms with Gasteiger partial charge in [-0.1, -0.05) is 50.1 Å². The van der Waals surface area contributed by atoms with Crippen molar-refractivity contribution in [1.82, 2.24) is 5.32 Å². The van der Waals surface area contributed by atoms with Crippen molar-refractivity contribution in [2.45, 2.75) is 59.5 Å². The van der Waals surface area contributed by atoms with Crippen molar-refractivity contribution < 1.29 is 0 Å². The lowest BCUT2D eigenvalue weighted by Gasteiger charge is -2.22. The van der Waals surface area contributed by atoms with E-state index < -0.39 is 0 Å². The third-order valence-electron chi connectivity index (χ3n) is 3.56. The monoisotopic (exact) mass is 233 g/mol. The van der Waals surface area contributed by atoms with Gasteiger partial charge in [-0.15, -0.1) is 0 Å². The summed E-state index contributed by atoms with van der Waals surface area (Å²) in [6.45, 7) is 11.3. The summed E-state index contributed by atoms with van der Waals surface area (Å²) in [4.78, 5) is 0. The zero-order valence-electron chi connectivity index (χ0n) is 12.0. The molecule has 1 heteroatoms. The first kappa shape index (κ1) is 14.2. The van der Waals surface area contributed by atoms with Crippen LogP contribution in [-0.4, -0.2) is 6.04 Å². The van der Waals surface area contributed by atoms with E-state index in [2.05, 4.69) is 64.2 Å². The first-order chi connectivity index (χ1) is 8.02. The average Bonchev–Trinajstić information content (AvgIpc) is 2.29. The van der Waals surface area contributed by atoms with Crippen LogP contribution in [0.25, 0.3) is 0 Å². The van der Waals surface area contributed by atoms with Gasteiger partial charge < -0.3 is 5.32 Å². The summed E-state index contributed by atoms with van der Waals surface area (Å²) in [5.41, 5.74) is 2.71. The Bertz CT molecular complexity index is 315. The molecule has 0 aliphatic rings. The molecule has 1 aromatic carbocycles. The van der Waals surface area contributed by atoms with E-state index in [1.165, 1.54) is 24.0 Å². The maximum absolute atomic E-state index is 3.68. The fraction of sp³-hybridized carbons (Fsp3) is 0.625. The van der Waals surface area contributed by atoms with E-state index in [9.17, 15) is 0 Å². The van der Waals surface area contributed by atoms with Gasteiger partial charge in [0.15, 0.2) is 0 Å². The molecule has 0 aliphatic heterocycles. The maximum atomic E-state index is 3.68. The van der Waals surface area contributed by atoms with Crippen molar-refractivity contribution in [1.29, 1.82) is 0 Å². The molecular formula is C16H27N. The number of benzene rings is 1. The normalized spacial score (nSPS) is 16.5. The minimum absolute atomic E-state index is 0.439. The topological polar surface area (TPSA) is 12.0 Å². The highest BCUT2D eigenvalue weighted by atomic mass is 14.9. The molecule has 0 fully saturated rings. The third-order valence-corrected chi connectivity index (χ3v) is 3.56. The Morgan fingerprint density at radius 3 is 2.18 bits per heavy atom. The minimum atomic E-state index is 0.439. The van der Waals surface area contributed by atoms with Crippen LogP contribution >= 0.6 is 0 Å². The van der Waals surface area contributed by atoms with E-state index in [-0.39, 0.29) is 0 Å². The number of hydrogen-bond donors (Lipinski definition) is 1. The second-order valence-electron chi connectivity index (χ2n) is 5.45. The molecule has 3 atom stereocenters. The van der Waals surface area contributed by atoms with E-state index in [4.69, 9.17) is 0 Å². The van der Waals surface area contributed by atoms with Crippen molar-refractivity contribution in [3.8, 4) is 0 Å². The summed E-state index contributed by atoms with van der Waals surface area (Å²) in [5.74, 6) is 0.808. The van der Waals surface area contributed by atoms with Gasteiger partial charge >= 0.3 is 0 Å². The van der Waals surface area contributed by atoms with Crippen LogP contribution in [0, 0.1) is 12.8 Å². The Hall–Kier alpha value is -0.820. The standard InChI is InChI=1S/C16H27N/c1-6-12(2)11-14(4)17-15(5)16-9-7-13(3)8-10-16/h7-10,12,14-15,17H,6,11H2,1-5H3. The van der Waals surface area contributed by atoms with Crippen LogP contribution in [0.5, 0.6) is 0 Å². The zero-order chi connectivity index (χ0) is 12.8. The Morgan fingerprint density at radius 1 is 1.06 bits per heavy atom. The molecule has 1 N–H and O–H groups in total. The summed E-state index contributed by atoms with van der Waals surface area (Å²) in [5, 5.41) is 3.68. The molecule has 0 saturated carbocycles. The SMILES string of the molecule is CCC(C)CC(C)NC(C)c1ccc(C)cc1. The molecular weight excluding hydrogens is 206 g/mol. The molecule has 0 radical (unpaired) electrons. The van der Waals surface area contributed by atoms with Gasteiger partial charge in [0.05, 0.1) is 0 Å². The first-order valence-corrected chi connectivity index (χ1v) is 6.85. The van der Waals surface area contributed by atoms with Crippen LogP contribution in [0.2, 0.25) is 0 Å². The van der Waals surface area contributed by atoms with E-state index in [1.54, 1.807) is 0 Å². The molecule has 0 saturated heterocycles. The molecule has 0 heterocycles. The summed E-state index contributed by atoms with van der Waals surface area (Å²) in [7, 11) is 0.